The van der Waals surface area contributed by atoms with Crippen molar-refractivity contribution < 1.29 is 18.1 Å². The summed E-state index contributed by atoms with van der Waals surface area (Å²) in [4.78, 5) is 12.6. The molecule has 2 aromatic rings. The van der Waals surface area contributed by atoms with Gasteiger partial charge in [-0.3, -0.25) is 10.1 Å². The highest BCUT2D eigenvalue weighted by Gasteiger charge is 2.29. The molecule has 9 heteroatoms. The quantitative estimate of drug-likeness (QED) is 0.141. The average Bonchev–Trinajstić information content (AvgIpc) is 2.92. The van der Waals surface area contributed by atoms with Gasteiger partial charge in [0, 0.05) is 38.3 Å². The van der Waals surface area contributed by atoms with Gasteiger partial charge < -0.3 is 9.64 Å². The number of para-hydroxylation sites is 2. The summed E-state index contributed by atoms with van der Waals surface area (Å²) < 4.78 is 33.6. The van der Waals surface area contributed by atoms with Crippen LogP contribution in [0.15, 0.2) is 53.4 Å². The van der Waals surface area contributed by atoms with Gasteiger partial charge in [0.1, 0.15) is 5.75 Å². The number of anilines is 1. The Labute approximate surface area is 221 Å². The van der Waals surface area contributed by atoms with E-state index in [1.165, 1.54) is 86.4 Å². The first-order chi connectivity index (χ1) is 17.9. The van der Waals surface area contributed by atoms with Crippen LogP contribution in [0.1, 0.15) is 71.1 Å². The van der Waals surface area contributed by atoms with Crippen molar-refractivity contribution in [1.29, 1.82) is 0 Å². The lowest BCUT2D eigenvalue weighted by atomic mass is 10.1. The molecule has 0 aliphatic carbocycles. The van der Waals surface area contributed by atoms with Crippen LogP contribution >= 0.6 is 0 Å². The SMILES string of the molecule is CCCCCCCCCCCCOc1ccccc1N1CCN(S(=O)(=O)c2ccc([N+](=O)[O-])cc2)CC1. The standard InChI is InChI=1S/C28H41N3O5S/c1-2-3-4-5-6-7-8-9-10-13-24-36-28-15-12-11-14-27(28)29-20-22-30(23-21-29)37(34,35)26-18-16-25(17-19-26)31(32)33/h11-12,14-19H,2-10,13,20-24H2,1H3. The van der Waals surface area contributed by atoms with E-state index >= 15 is 0 Å². The lowest BCUT2D eigenvalue weighted by molar-refractivity contribution is -0.384. The topological polar surface area (TPSA) is 93.0 Å². The highest BCUT2D eigenvalue weighted by Crippen LogP contribution is 2.30. The van der Waals surface area contributed by atoms with E-state index in [4.69, 9.17) is 4.74 Å². The molecule has 0 aromatic heterocycles. The number of rotatable bonds is 16. The van der Waals surface area contributed by atoms with Crippen LogP contribution in [0.3, 0.4) is 0 Å². The summed E-state index contributed by atoms with van der Waals surface area (Å²) in [7, 11) is -3.70. The van der Waals surface area contributed by atoms with Gasteiger partial charge in [0.25, 0.3) is 5.69 Å². The molecular weight excluding hydrogens is 490 g/mol. The number of non-ortho nitro benzene ring substituents is 1. The van der Waals surface area contributed by atoms with E-state index in [1.807, 2.05) is 24.3 Å². The normalized spacial score (nSPS) is 14.6. The third-order valence-electron chi connectivity index (χ3n) is 6.89. The second-order valence-electron chi connectivity index (χ2n) is 9.64. The maximum absolute atomic E-state index is 13.0. The molecule has 0 radical (unpaired) electrons. The minimum absolute atomic E-state index is 0.0757. The zero-order valence-corrected chi connectivity index (χ0v) is 22.8. The van der Waals surface area contributed by atoms with E-state index in [0.717, 1.165) is 17.9 Å². The van der Waals surface area contributed by atoms with Gasteiger partial charge in [-0.2, -0.15) is 4.31 Å². The number of nitro groups is 1. The molecular formula is C28H41N3O5S. The zero-order chi connectivity index (χ0) is 26.5. The molecule has 0 saturated carbocycles. The maximum Gasteiger partial charge on any atom is 0.269 e. The maximum atomic E-state index is 13.0. The number of hydrogen-bond acceptors (Lipinski definition) is 6. The predicted molar refractivity (Wildman–Crippen MR) is 148 cm³/mol. The van der Waals surface area contributed by atoms with Crippen LogP contribution in [-0.4, -0.2) is 50.4 Å². The summed E-state index contributed by atoms with van der Waals surface area (Å²) in [6.07, 6.45) is 12.8. The molecule has 0 atom stereocenters. The van der Waals surface area contributed by atoms with E-state index < -0.39 is 14.9 Å². The molecule has 8 nitrogen and oxygen atoms in total. The molecule has 0 bridgehead atoms. The third-order valence-corrected chi connectivity index (χ3v) is 8.80. The number of nitrogens with zero attached hydrogens (tertiary/aromatic N) is 3. The Hall–Kier alpha value is -2.65. The average molecular weight is 532 g/mol. The van der Waals surface area contributed by atoms with Crippen molar-refractivity contribution in [2.45, 2.75) is 76.0 Å². The van der Waals surface area contributed by atoms with Gasteiger partial charge in [0.2, 0.25) is 10.0 Å². The molecule has 1 saturated heterocycles. The minimum atomic E-state index is -3.70. The van der Waals surface area contributed by atoms with Crippen LogP contribution in [0, 0.1) is 10.1 Å². The van der Waals surface area contributed by atoms with Crippen molar-refractivity contribution in [3.05, 3.63) is 58.6 Å². The van der Waals surface area contributed by atoms with Gasteiger partial charge in [0.15, 0.2) is 0 Å². The number of benzene rings is 2. The van der Waals surface area contributed by atoms with Crippen molar-refractivity contribution >= 4 is 21.4 Å². The Morgan fingerprint density at radius 1 is 0.811 bits per heavy atom. The molecule has 1 aliphatic heterocycles. The molecule has 3 rings (SSSR count). The first kappa shape index (κ1) is 28.9. The monoisotopic (exact) mass is 531 g/mol. The molecule has 0 unspecified atom stereocenters. The van der Waals surface area contributed by atoms with Gasteiger partial charge in [-0.15, -0.1) is 0 Å². The van der Waals surface area contributed by atoms with E-state index in [9.17, 15) is 18.5 Å². The summed E-state index contributed by atoms with van der Waals surface area (Å²) in [5.41, 5.74) is 0.861. The van der Waals surface area contributed by atoms with E-state index in [0.29, 0.717) is 32.8 Å². The smallest absolute Gasteiger partial charge is 0.269 e. The summed E-state index contributed by atoms with van der Waals surface area (Å²) >= 11 is 0. The van der Waals surface area contributed by atoms with Crippen molar-refractivity contribution in [3.8, 4) is 5.75 Å². The highest BCUT2D eigenvalue weighted by atomic mass is 32.2. The number of piperazine rings is 1. The van der Waals surface area contributed by atoms with Gasteiger partial charge in [0.05, 0.1) is 22.1 Å². The van der Waals surface area contributed by atoms with Crippen molar-refractivity contribution in [3.63, 3.8) is 0 Å². The number of unbranched alkanes of at least 4 members (excludes halogenated alkanes) is 9. The van der Waals surface area contributed by atoms with E-state index in [-0.39, 0.29) is 10.6 Å². The molecule has 0 N–H and O–H groups in total. The first-order valence-electron chi connectivity index (χ1n) is 13.6. The van der Waals surface area contributed by atoms with E-state index in [2.05, 4.69) is 11.8 Å². The number of sulfonamides is 1. The van der Waals surface area contributed by atoms with Gasteiger partial charge in [-0.05, 0) is 30.7 Å². The fraction of sp³-hybridized carbons (Fsp3) is 0.571. The molecule has 204 valence electrons. The first-order valence-corrected chi connectivity index (χ1v) is 15.1. The lowest BCUT2D eigenvalue weighted by Gasteiger charge is -2.36. The van der Waals surface area contributed by atoms with Crippen LogP contribution in [0.5, 0.6) is 5.75 Å². The summed E-state index contributed by atoms with van der Waals surface area (Å²) in [5, 5.41) is 10.9. The molecule has 2 aromatic carbocycles. The predicted octanol–water partition coefficient (Wildman–Crippen LogP) is 6.41. The fourth-order valence-electron chi connectivity index (χ4n) is 4.67. The van der Waals surface area contributed by atoms with Gasteiger partial charge in [-0.1, -0.05) is 76.8 Å². The van der Waals surface area contributed by atoms with Gasteiger partial charge >= 0.3 is 0 Å². The number of ether oxygens (including phenoxy) is 1. The van der Waals surface area contributed by atoms with Crippen molar-refractivity contribution in [2.24, 2.45) is 0 Å². The largest absolute Gasteiger partial charge is 0.491 e. The Morgan fingerprint density at radius 2 is 1.38 bits per heavy atom. The van der Waals surface area contributed by atoms with Crippen LogP contribution in [0.2, 0.25) is 0 Å². The summed E-state index contributed by atoms with van der Waals surface area (Å²) in [5.74, 6) is 0.838. The fourth-order valence-corrected chi connectivity index (χ4v) is 6.09. The number of nitro benzene ring substituents is 1. The van der Waals surface area contributed by atoms with Crippen LogP contribution in [0.25, 0.3) is 0 Å². The zero-order valence-electron chi connectivity index (χ0n) is 22.0. The molecule has 1 aliphatic rings. The second-order valence-corrected chi connectivity index (χ2v) is 11.6. The Kier molecular flexibility index (Phi) is 11.7. The van der Waals surface area contributed by atoms with E-state index in [1.54, 1.807) is 0 Å². The van der Waals surface area contributed by atoms with Crippen LogP contribution in [-0.2, 0) is 10.0 Å². The molecule has 37 heavy (non-hydrogen) atoms. The molecule has 1 heterocycles. The third kappa shape index (κ3) is 8.71. The molecule has 1 fully saturated rings. The second kappa shape index (κ2) is 14.9. The Balaban J connectivity index is 1.43. The lowest BCUT2D eigenvalue weighted by Crippen LogP contribution is -2.48. The highest BCUT2D eigenvalue weighted by molar-refractivity contribution is 7.89. The molecule has 0 amide bonds. The van der Waals surface area contributed by atoms with Crippen molar-refractivity contribution in [1.82, 2.24) is 4.31 Å². The van der Waals surface area contributed by atoms with Crippen LogP contribution in [0.4, 0.5) is 11.4 Å². The summed E-state index contributed by atoms with van der Waals surface area (Å²) in [6, 6.07) is 13.0. The van der Waals surface area contributed by atoms with Gasteiger partial charge in [-0.25, -0.2) is 8.42 Å². The van der Waals surface area contributed by atoms with Crippen LogP contribution < -0.4 is 9.64 Å². The van der Waals surface area contributed by atoms with Crippen molar-refractivity contribution in [2.75, 3.05) is 37.7 Å². The Bertz CT molecular complexity index is 1070. The minimum Gasteiger partial charge on any atom is -0.491 e. The summed E-state index contributed by atoms with van der Waals surface area (Å²) in [6.45, 7) is 4.70. The number of hydrogen-bond donors (Lipinski definition) is 0. The Morgan fingerprint density at radius 3 is 1.97 bits per heavy atom. The molecule has 0 spiro atoms.